The second-order valence-electron chi connectivity index (χ2n) is 5.42. The van der Waals surface area contributed by atoms with Crippen LogP contribution < -0.4 is 5.73 Å². The van der Waals surface area contributed by atoms with E-state index >= 15 is 0 Å². The molecule has 1 aliphatic heterocycles. The molecule has 1 heterocycles. The maximum atomic E-state index is 6.26. The monoisotopic (exact) mass is 246 g/mol. The molecular formula is C16H26N2. The number of nitrogens with zero attached hydrogens (tertiary/aromatic N) is 1. The van der Waals surface area contributed by atoms with Crippen molar-refractivity contribution in [1.82, 2.24) is 4.90 Å². The van der Waals surface area contributed by atoms with Crippen molar-refractivity contribution in [2.75, 3.05) is 19.6 Å². The second-order valence-corrected chi connectivity index (χ2v) is 5.42. The normalized spacial score (nSPS) is 20.1. The first-order valence-corrected chi connectivity index (χ1v) is 7.39. The van der Waals surface area contributed by atoms with Crippen LogP contribution in [-0.2, 0) is 0 Å². The quantitative estimate of drug-likeness (QED) is 0.883. The van der Waals surface area contributed by atoms with Crippen LogP contribution in [0.3, 0.4) is 0 Å². The Morgan fingerprint density at radius 1 is 0.944 bits per heavy atom. The Bertz CT molecular complexity index is 315. The molecule has 1 aliphatic rings. The summed E-state index contributed by atoms with van der Waals surface area (Å²) in [6, 6.07) is 10.7. The van der Waals surface area contributed by atoms with E-state index in [0.29, 0.717) is 0 Å². The fraction of sp³-hybridized carbons (Fsp3) is 0.625. The van der Waals surface area contributed by atoms with E-state index in [1.165, 1.54) is 50.8 Å². The third-order valence-corrected chi connectivity index (χ3v) is 3.93. The van der Waals surface area contributed by atoms with Crippen molar-refractivity contribution in [2.24, 2.45) is 5.73 Å². The van der Waals surface area contributed by atoms with E-state index in [1.54, 1.807) is 0 Å². The molecule has 2 nitrogen and oxygen atoms in total. The highest BCUT2D eigenvalue weighted by atomic mass is 15.1. The Kier molecular flexibility index (Phi) is 5.69. The molecule has 2 heteroatoms. The molecule has 2 rings (SSSR count). The van der Waals surface area contributed by atoms with Gasteiger partial charge in [0.2, 0.25) is 0 Å². The van der Waals surface area contributed by atoms with Crippen molar-refractivity contribution in [3.63, 3.8) is 0 Å². The fourth-order valence-electron chi connectivity index (χ4n) is 2.73. The first kappa shape index (κ1) is 13.6. The first-order valence-electron chi connectivity index (χ1n) is 7.39. The smallest absolute Gasteiger partial charge is 0.0307 e. The number of hydrogen-bond donors (Lipinski definition) is 1. The highest BCUT2D eigenvalue weighted by Crippen LogP contribution is 2.16. The van der Waals surface area contributed by atoms with Gasteiger partial charge in [-0.2, -0.15) is 0 Å². The zero-order valence-electron chi connectivity index (χ0n) is 11.4. The third-order valence-electron chi connectivity index (χ3n) is 3.93. The van der Waals surface area contributed by atoms with Crippen molar-refractivity contribution in [3.05, 3.63) is 35.9 Å². The number of hydrogen-bond acceptors (Lipinski definition) is 2. The zero-order chi connectivity index (χ0) is 12.6. The van der Waals surface area contributed by atoms with Crippen LogP contribution in [0.5, 0.6) is 0 Å². The van der Waals surface area contributed by atoms with Gasteiger partial charge in [-0.05, 0) is 44.5 Å². The highest BCUT2D eigenvalue weighted by molar-refractivity contribution is 5.18. The lowest BCUT2D eigenvalue weighted by atomic mass is 10.0. The standard InChI is InChI=1S/C16H26N2/c17-16(15-9-5-4-6-10-15)11-14-18-12-7-2-1-3-8-13-18/h4-6,9-10,16H,1-3,7-8,11-14,17H2. The summed E-state index contributed by atoms with van der Waals surface area (Å²) in [5.41, 5.74) is 7.52. The van der Waals surface area contributed by atoms with Gasteiger partial charge in [-0.15, -0.1) is 0 Å². The van der Waals surface area contributed by atoms with Crippen LogP contribution in [0.25, 0.3) is 0 Å². The lowest BCUT2D eigenvalue weighted by Gasteiger charge is -2.25. The summed E-state index contributed by atoms with van der Waals surface area (Å²) in [6.07, 6.45) is 8.03. The van der Waals surface area contributed by atoms with Crippen LogP contribution in [0, 0.1) is 0 Å². The Morgan fingerprint density at radius 2 is 1.56 bits per heavy atom. The van der Waals surface area contributed by atoms with Crippen LogP contribution in [0.2, 0.25) is 0 Å². The van der Waals surface area contributed by atoms with E-state index < -0.39 is 0 Å². The SMILES string of the molecule is NC(CCN1CCCCCCC1)c1ccccc1. The molecule has 0 radical (unpaired) electrons. The van der Waals surface area contributed by atoms with Crippen LogP contribution in [0.1, 0.15) is 50.1 Å². The van der Waals surface area contributed by atoms with Gasteiger partial charge in [-0.3, -0.25) is 0 Å². The second kappa shape index (κ2) is 7.55. The Hall–Kier alpha value is -0.860. The molecule has 0 amide bonds. The molecule has 0 aromatic heterocycles. The van der Waals surface area contributed by atoms with E-state index in [1.807, 2.05) is 0 Å². The van der Waals surface area contributed by atoms with Crippen LogP contribution >= 0.6 is 0 Å². The van der Waals surface area contributed by atoms with Crippen LogP contribution in [-0.4, -0.2) is 24.5 Å². The summed E-state index contributed by atoms with van der Waals surface area (Å²) in [6.45, 7) is 3.68. The average Bonchev–Trinajstić information content (AvgIpc) is 2.38. The van der Waals surface area contributed by atoms with Gasteiger partial charge in [0.05, 0.1) is 0 Å². The summed E-state index contributed by atoms with van der Waals surface area (Å²) in [4.78, 5) is 2.60. The third kappa shape index (κ3) is 4.43. The lowest BCUT2D eigenvalue weighted by Crippen LogP contribution is -2.30. The van der Waals surface area contributed by atoms with E-state index in [9.17, 15) is 0 Å². The maximum Gasteiger partial charge on any atom is 0.0307 e. The predicted molar refractivity (Wildman–Crippen MR) is 77.5 cm³/mol. The summed E-state index contributed by atoms with van der Waals surface area (Å²) < 4.78 is 0. The molecule has 1 atom stereocenters. The maximum absolute atomic E-state index is 6.26. The molecule has 100 valence electrons. The lowest BCUT2D eigenvalue weighted by molar-refractivity contribution is 0.239. The Labute approximate surface area is 111 Å². The number of benzene rings is 1. The van der Waals surface area contributed by atoms with E-state index in [2.05, 4.69) is 35.2 Å². The largest absolute Gasteiger partial charge is 0.324 e. The summed E-state index contributed by atoms with van der Waals surface area (Å²) in [7, 11) is 0. The van der Waals surface area contributed by atoms with Crippen LogP contribution in [0.4, 0.5) is 0 Å². The van der Waals surface area contributed by atoms with Crippen LogP contribution in [0.15, 0.2) is 30.3 Å². The van der Waals surface area contributed by atoms with Crippen molar-refractivity contribution in [1.29, 1.82) is 0 Å². The minimum absolute atomic E-state index is 0.191. The summed E-state index contributed by atoms with van der Waals surface area (Å²) in [5.74, 6) is 0. The molecule has 2 N–H and O–H groups in total. The average molecular weight is 246 g/mol. The minimum atomic E-state index is 0.191. The Balaban J connectivity index is 1.76. The molecule has 1 unspecified atom stereocenters. The van der Waals surface area contributed by atoms with Gasteiger partial charge in [0.1, 0.15) is 0 Å². The van der Waals surface area contributed by atoms with Crippen molar-refractivity contribution in [2.45, 2.75) is 44.6 Å². The molecule has 0 saturated carbocycles. The number of nitrogens with two attached hydrogens (primary N) is 1. The van der Waals surface area contributed by atoms with E-state index in [0.717, 1.165) is 13.0 Å². The predicted octanol–water partition coefficient (Wildman–Crippen LogP) is 3.34. The van der Waals surface area contributed by atoms with Gasteiger partial charge < -0.3 is 10.6 Å². The van der Waals surface area contributed by atoms with Gasteiger partial charge in [0.25, 0.3) is 0 Å². The topological polar surface area (TPSA) is 29.3 Å². The van der Waals surface area contributed by atoms with Crippen molar-refractivity contribution < 1.29 is 0 Å². The van der Waals surface area contributed by atoms with Gasteiger partial charge in [-0.25, -0.2) is 0 Å². The van der Waals surface area contributed by atoms with E-state index in [4.69, 9.17) is 5.73 Å². The summed E-state index contributed by atoms with van der Waals surface area (Å²) in [5, 5.41) is 0. The molecule has 0 bridgehead atoms. The van der Waals surface area contributed by atoms with E-state index in [-0.39, 0.29) is 6.04 Å². The highest BCUT2D eigenvalue weighted by Gasteiger charge is 2.11. The van der Waals surface area contributed by atoms with Gasteiger partial charge in [0.15, 0.2) is 0 Å². The zero-order valence-corrected chi connectivity index (χ0v) is 11.4. The Morgan fingerprint density at radius 3 is 2.22 bits per heavy atom. The van der Waals surface area contributed by atoms with Crippen molar-refractivity contribution in [3.8, 4) is 0 Å². The molecule has 1 aromatic rings. The first-order chi connectivity index (χ1) is 8.86. The molecule has 1 saturated heterocycles. The summed E-state index contributed by atoms with van der Waals surface area (Å²) >= 11 is 0. The van der Waals surface area contributed by atoms with Gasteiger partial charge in [0, 0.05) is 6.04 Å². The van der Waals surface area contributed by atoms with Crippen molar-refractivity contribution >= 4 is 0 Å². The fourth-order valence-corrected chi connectivity index (χ4v) is 2.73. The van der Waals surface area contributed by atoms with Gasteiger partial charge >= 0.3 is 0 Å². The molecule has 1 aromatic carbocycles. The number of likely N-dealkylation sites (tertiary alicyclic amines) is 1. The number of rotatable bonds is 4. The minimum Gasteiger partial charge on any atom is -0.324 e. The molecule has 0 aliphatic carbocycles. The molecule has 1 fully saturated rings. The van der Waals surface area contributed by atoms with Gasteiger partial charge in [-0.1, -0.05) is 49.6 Å². The molecular weight excluding hydrogens is 220 g/mol. The molecule has 18 heavy (non-hydrogen) atoms. The molecule has 0 spiro atoms.